The Morgan fingerprint density at radius 2 is 1.54 bits per heavy atom. The Morgan fingerprint density at radius 1 is 0.875 bits per heavy atom. The first kappa shape index (κ1) is 15.9. The highest BCUT2D eigenvalue weighted by Gasteiger charge is 2.18. The van der Waals surface area contributed by atoms with Crippen LogP contribution in [-0.2, 0) is 0 Å². The number of hydrogen-bond donors (Lipinski definition) is 0. The second-order valence-corrected chi connectivity index (χ2v) is 5.32. The molecule has 1 aromatic heterocycles. The summed E-state index contributed by atoms with van der Waals surface area (Å²) < 4.78 is 21.3. The first-order chi connectivity index (χ1) is 11.6. The van der Waals surface area contributed by atoms with E-state index in [1.54, 1.807) is 45.6 Å². The monoisotopic (exact) mass is 326 g/mol. The smallest absolute Gasteiger partial charge is 0.344 e. The molecule has 0 radical (unpaired) electrons. The number of aryl methyl sites for hydroxylation is 1. The van der Waals surface area contributed by atoms with Crippen molar-refractivity contribution >= 4 is 11.0 Å². The molecule has 0 bridgehead atoms. The maximum absolute atomic E-state index is 12.6. The third-order valence-electron chi connectivity index (χ3n) is 4.05. The van der Waals surface area contributed by atoms with Gasteiger partial charge in [0.2, 0.25) is 0 Å². The summed E-state index contributed by atoms with van der Waals surface area (Å²) in [7, 11) is 4.71. The van der Waals surface area contributed by atoms with Gasteiger partial charge in [-0.1, -0.05) is 0 Å². The maximum atomic E-state index is 12.6. The number of methoxy groups -OCH3 is 3. The van der Waals surface area contributed by atoms with Crippen LogP contribution in [0.3, 0.4) is 0 Å². The predicted octanol–water partition coefficient (Wildman–Crippen LogP) is 3.79. The molecule has 0 aliphatic heterocycles. The minimum Gasteiger partial charge on any atom is -0.497 e. The van der Waals surface area contributed by atoms with Crippen molar-refractivity contribution in [3.8, 4) is 28.4 Å². The van der Waals surface area contributed by atoms with Crippen LogP contribution in [0.4, 0.5) is 0 Å². The van der Waals surface area contributed by atoms with Gasteiger partial charge >= 0.3 is 5.63 Å². The van der Waals surface area contributed by atoms with E-state index >= 15 is 0 Å². The Morgan fingerprint density at radius 3 is 2.21 bits per heavy atom. The van der Waals surface area contributed by atoms with Crippen LogP contribution < -0.4 is 19.8 Å². The third-order valence-corrected chi connectivity index (χ3v) is 4.05. The van der Waals surface area contributed by atoms with Crippen molar-refractivity contribution in [3.05, 3.63) is 52.4 Å². The molecule has 3 rings (SSSR count). The molecule has 0 aliphatic rings. The van der Waals surface area contributed by atoms with Crippen LogP contribution in [0.25, 0.3) is 22.1 Å². The maximum Gasteiger partial charge on any atom is 0.344 e. The van der Waals surface area contributed by atoms with Gasteiger partial charge in [-0.3, -0.25) is 0 Å². The molecule has 1 heterocycles. The standard InChI is InChI=1S/C19H18O5/c1-11-14-7-5-13(22-3)10-17(14)24-19(20)18(11)15-8-6-12(21-2)9-16(15)23-4/h5-10H,1-4H3. The Hall–Kier alpha value is -2.95. The lowest BCUT2D eigenvalue weighted by atomic mass is 9.98. The SMILES string of the molecule is COc1ccc(-c2c(C)c3ccc(OC)cc3oc2=O)c(OC)c1. The van der Waals surface area contributed by atoms with Crippen LogP contribution in [0.1, 0.15) is 5.56 Å². The van der Waals surface area contributed by atoms with Gasteiger partial charge in [0.15, 0.2) is 0 Å². The van der Waals surface area contributed by atoms with Gasteiger partial charge in [0.1, 0.15) is 22.8 Å². The molecule has 0 spiro atoms. The highest BCUT2D eigenvalue weighted by Crippen LogP contribution is 2.35. The van der Waals surface area contributed by atoms with E-state index in [4.69, 9.17) is 18.6 Å². The van der Waals surface area contributed by atoms with Crippen molar-refractivity contribution in [2.75, 3.05) is 21.3 Å². The average molecular weight is 326 g/mol. The van der Waals surface area contributed by atoms with E-state index in [1.165, 1.54) is 0 Å². The average Bonchev–Trinajstić information content (AvgIpc) is 2.61. The van der Waals surface area contributed by atoms with E-state index in [-0.39, 0.29) is 0 Å². The minimum absolute atomic E-state index is 0.420. The molecule has 0 saturated carbocycles. The number of hydrogen-bond acceptors (Lipinski definition) is 5. The third kappa shape index (κ3) is 2.58. The fraction of sp³-hybridized carbons (Fsp3) is 0.211. The summed E-state index contributed by atoms with van der Waals surface area (Å²) in [6, 6.07) is 10.8. The molecule has 0 saturated heterocycles. The van der Waals surface area contributed by atoms with Gasteiger partial charge < -0.3 is 18.6 Å². The van der Waals surface area contributed by atoms with Crippen LogP contribution >= 0.6 is 0 Å². The van der Waals surface area contributed by atoms with Gasteiger partial charge in [0.05, 0.1) is 26.9 Å². The summed E-state index contributed by atoms with van der Waals surface area (Å²) in [5.74, 6) is 1.85. The highest BCUT2D eigenvalue weighted by molar-refractivity contribution is 5.88. The molecule has 0 aliphatic carbocycles. The van der Waals surface area contributed by atoms with Gasteiger partial charge in [-0.05, 0) is 36.8 Å². The first-order valence-electron chi connectivity index (χ1n) is 7.43. The van der Waals surface area contributed by atoms with E-state index in [1.807, 2.05) is 19.1 Å². The van der Waals surface area contributed by atoms with Crippen LogP contribution in [0.2, 0.25) is 0 Å². The van der Waals surface area contributed by atoms with Crippen LogP contribution in [0.15, 0.2) is 45.6 Å². The molecule has 124 valence electrons. The second kappa shape index (κ2) is 6.28. The first-order valence-corrected chi connectivity index (χ1v) is 7.43. The van der Waals surface area contributed by atoms with Gasteiger partial charge in [0, 0.05) is 23.1 Å². The zero-order valence-corrected chi connectivity index (χ0v) is 14.0. The number of fused-ring (bicyclic) bond motifs is 1. The normalized spacial score (nSPS) is 10.7. The van der Waals surface area contributed by atoms with Gasteiger partial charge in [-0.15, -0.1) is 0 Å². The molecule has 0 N–H and O–H groups in total. The Labute approximate surface area is 139 Å². The van der Waals surface area contributed by atoms with Crippen molar-refractivity contribution in [3.63, 3.8) is 0 Å². The molecule has 0 amide bonds. The molecule has 2 aromatic carbocycles. The Bertz CT molecular complexity index is 956. The summed E-state index contributed by atoms with van der Waals surface area (Å²) in [6.07, 6.45) is 0. The van der Waals surface area contributed by atoms with Crippen LogP contribution in [-0.4, -0.2) is 21.3 Å². The molecule has 0 fully saturated rings. The number of ether oxygens (including phenoxy) is 3. The number of benzene rings is 2. The second-order valence-electron chi connectivity index (χ2n) is 5.32. The van der Waals surface area contributed by atoms with E-state index in [0.29, 0.717) is 34.0 Å². The summed E-state index contributed by atoms with van der Waals surface area (Å²) in [4.78, 5) is 12.6. The van der Waals surface area contributed by atoms with E-state index < -0.39 is 5.63 Å². The van der Waals surface area contributed by atoms with Gasteiger partial charge in [-0.25, -0.2) is 4.79 Å². The lowest BCUT2D eigenvalue weighted by Gasteiger charge is -2.13. The molecule has 5 heteroatoms. The van der Waals surface area contributed by atoms with Crippen molar-refractivity contribution in [1.29, 1.82) is 0 Å². The van der Waals surface area contributed by atoms with Gasteiger partial charge in [-0.2, -0.15) is 0 Å². The largest absolute Gasteiger partial charge is 0.497 e. The van der Waals surface area contributed by atoms with E-state index in [9.17, 15) is 4.79 Å². The lowest BCUT2D eigenvalue weighted by molar-refractivity contribution is 0.395. The summed E-state index contributed by atoms with van der Waals surface area (Å²) in [5.41, 5.74) is 2.05. The summed E-state index contributed by atoms with van der Waals surface area (Å²) in [6.45, 7) is 1.89. The summed E-state index contributed by atoms with van der Waals surface area (Å²) in [5, 5.41) is 0.850. The van der Waals surface area contributed by atoms with Crippen LogP contribution in [0, 0.1) is 6.92 Å². The predicted molar refractivity (Wildman–Crippen MR) is 92.3 cm³/mol. The van der Waals surface area contributed by atoms with Crippen LogP contribution in [0.5, 0.6) is 17.2 Å². The van der Waals surface area contributed by atoms with Crippen molar-refractivity contribution in [2.45, 2.75) is 6.92 Å². The molecular weight excluding hydrogens is 308 g/mol. The zero-order valence-electron chi connectivity index (χ0n) is 14.0. The molecule has 5 nitrogen and oxygen atoms in total. The fourth-order valence-electron chi connectivity index (χ4n) is 2.78. The molecule has 0 unspecified atom stereocenters. The van der Waals surface area contributed by atoms with Crippen molar-refractivity contribution in [1.82, 2.24) is 0 Å². The fourth-order valence-corrected chi connectivity index (χ4v) is 2.78. The molecule has 24 heavy (non-hydrogen) atoms. The van der Waals surface area contributed by atoms with Crippen molar-refractivity contribution < 1.29 is 18.6 Å². The molecule has 3 aromatic rings. The molecule has 0 atom stereocenters. The van der Waals surface area contributed by atoms with Crippen molar-refractivity contribution in [2.24, 2.45) is 0 Å². The Kier molecular flexibility index (Phi) is 4.16. The number of rotatable bonds is 4. The lowest BCUT2D eigenvalue weighted by Crippen LogP contribution is -2.07. The topological polar surface area (TPSA) is 57.9 Å². The quantitative estimate of drug-likeness (QED) is 0.683. The highest BCUT2D eigenvalue weighted by atomic mass is 16.5. The minimum atomic E-state index is -0.420. The molecular formula is C19H18O5. The van der Waals surface area contributed by atoms with E-state index in [0.717, 1.165) is 10.9 Å². The Balaban J connectivity index is 2.29. The van der Waals surface area contributed by atoms with Gasteiger partial charge in [0.25, 0.3) is 0 Å². The van der Waals surface area contributed by atoms with E-state index in [2.05, 4.69) is 0 Å². The summed E-state index contributed by atoms with van der Waals surface area (Å²) >= 11 is 0. The zero-order chi connectivity index (χ0) is 17.3.